The lowest BCUT2D eigenvalue weighted by molar-refractivity contribution is 0.776. The topological polar surface area (TPSA) is 0 Å². The van der Waals surface area contributed by atoms with Crippen LogP contribution in [0, 0.1) is 0 Å². The monoisotopic (exact) mass is 186 g/mol. The lowest BCUT2D eigenvalue weighted by atomic mass is 9.90. The first kappa shape index (κ1) is 9.51. The molecule has 0 atom stereocenters. The molecule has 0 unspecified atom stereocenters. The zero-order valence-corrected chi connectivity index (χ0v) is 9.14. The summed E-state index contributed by atoms with van der Waals surface area (Å²) in [5.41, 5.74) is 6.25. The normalized spacial score (nSPS) is 17.3. The van der Waals surface area contributed by atoms with Crippen molar-refractivity contribution >= 4 is 0 Å². The zero-order chi connectivity index (χ0) is 9.97. The minimum Gasteiger partial charge on any atom is -0.0741 e. The van der Waals surface area contributed by atoms with E-state index in [0.717, 1.165) is 6.42 Å². The molecule has 0 aromatic heterocycles. The average Bonchev–Trinajstić information content (AvgIpc) is 2.18. The summed E-state index contributed by atoms with van der Waals surface area (Å²) in [6, 6.07) is 8.87. The van der Waals surface area contributed by atoms with Crippen molar-refractivity contribution in [3.63, 3.8) is 0 Å². The summed E-state index contributed by atoms with van der Waals surface area (Å²) in [6.45, 7) is 4.56. The third-order valence-corrected chi connectivity index (χ3v) is 3.30. The Balaban J connectivity index is 2.37. The Bertz CT molecular complexity index is 358. The van der Waals surface area contributed by atoms with Gasteiger partial charge >= 0.3 is 0 Å². The predicted octanol–water partition coefficient (Wildman–Crippen LogP) is 3.90. The first-order valence-corrected chi connectivity index (χ1v) is 5.49. The van der Waals surface area contributed by atoms with Crippen LogP contribution in [0.5, 0.6) is 0 Å². The number of hydrogen-bond donors (Lipinski definition) is 0. The third kappa shape index (κ3) is 1.89. The molecule has 0 saturated carbocycles. The summed E-state index contributed by atoms with van der Waals surface area (Å²) in [5, 5.41) is 0. The highest BCUT2D eigenvalue weighted by Crippen LogP contribution is 2.23. The second kappa shape index (κ2) is 4.00. The summed E-state index contributed by atoms with van der Waals surface area (Å²) < 4.78 is 0. The van der Waals surface area contributed by atoms with Crippen LogP contribution in [0.15, 0.2) is 35.4 Å². The van der Waals surface area contributed by atoms with E-state index in [9.17, 15) is 0 Å². The summed E-state index contributed by atoms with van der Waals surface area (Å²) in [6.07, 6.45) is 4.99. The lowest BCUT2D eigenvalue weighted by Gasteiger charge is -2.16. The molecule has 1 aromatic rings. The molecule has 0 fully saturated rings. The van der Waals surface area contributed by atoms with Gasteiger partial charge in [0.1, 0.15) is 0 Å². The Morgan fingerprint density at radius 1 is 0.857 bits per heavy atom. The Labute approximate surface area is 86.7 Å². The van der Waals surface area contributed by atoms with Gasteiger partial charge in [0.05, 0.1) is 0 Å². The van der Waals surface area contributed by atoms with Crippen LogP contribution < -0.4 is 0 Å². The van der Waals surface area contributed by atoms with Gasteiger partial charge in [0.2, 0.25) is 0 Å². The van der Waals surface area contributed by atoms with Crippen LogP contribution in [0.25, 0.3) is 0 Å². The van der Waals surface area contributed by atoms with E-state index in [1.54, 1.807) is 16.7 Å². The highest BCUT2D eigenvalue weighted by atomic mass is 14.1. The molecule has 0 bridgehead atoms. The molecule has 0 heterocycles. The van der Waals surface area contributed by atoms with E-state index in [4.69, 9.17) is 0 Å². The molecule has 0 radical (unpaired) electrons. The van der Waals surface area contributed by atoms with Gasteiger partial charge in [0.15, 0.2) is 0 Å². The number of allylic oxidation sites excluding steroid dienone is 2. The van der Waals surface area contributed by atoms with Crippen molar-refractivity contribution in [2.24, 2.45) is 0 Å². The molecule has 1 aliphatic carbocycles. The Morgan fingerprint density at radius 3 is 2.36 bits per heavy atom. The fourth-order valence-electron chi connectivity index (χ4n) is 2.17. The van der Waals surface area contributed by atoms with Crippen molar-refractivity contribution in [2.45, 2.75) is 39.5 Å². The van der Waals surface area contributed by atoms with Crippen LogP contribution in [0.2, 0.25) is 0 Å². The molecule has 0 N–H and O–H groups in total. The van der Waals surface area contributed by atoms with E-state index in [2.05, 4.69) is 38.1 Å². The van der Waals surface area contributed by atoms with Gasteiger partial charge < -0.3 is 0 Å². The largest absolute Gasteiger partial charge is 0.0741 e. The maximum absolute atomic E-state index is 2.28. The minimum atomic E-state index is 1.15. The summed E-state index contributed by atoms with van der Waals surface area (Å²) in [7, 11) is 0. The van der Waals surface area contributed by atoms with Gasteiger partial charge in [0.25, 0.3) is 0 Å². The van der Waals surface area contributed by atoms with E-state index in [-0.39, 0.29) is 0 Å². The van der Waals surface area contributed by atoms with E-state index < -0.39 is 0 Å². The maximum Gasteiger partial charge on any atom is -0.00646 e. The van der Waals surface area contributed by atoms with Gasteiger partial charge in [-0.3, -0.25) is 0 Å². The van der Waals surface area contributed by atoms with E-state index in [1.807, 2.05) is 0 Å². The van der Waals surface area contributed by atoms with Crippen molar-refractivity contribution in [1.29, 1.82) is 0 Å². The van der Waals surface area contributed by atoms with Crippen molar-refractivity contribution in [2.75, 3.05) is 0 Å². The number of aryl methyl sites for hydroxylation is 1. The molecular formula is C14H18. The molecule has 0 spiro atoms. The Morgan fingerprint density at radius 2 is 1.57 bits per heavy atom. The van der Waals surface area contributed by atoms with Crippen molar-refractivity contribution in [1.82, 2.24) is 0 Å². The van der Waals surface area contributed by atoms with Gasteiger partial charge in [-0.2, -0.15) is 0 Å². The van der Waals surface area contributed by atoms with Gasteiger partial charge in [-0.25, -0.2) is 0 Å². The summed E-state index contributed by atoms with van der Waals surface area (Å²) >= 11 is 0. The number of hydrogen-bond acceptors (Lipinski definition) is 0. The molecule has 0 nitrogen and oxygen atoms in total. The van der Waals surface area contributed by atoms with Gasteiger partial charge in [-0.1, -0.05) is 35.4 Å². The van der Waals surface area contributed by atoms with Crippen molar-refractivity contribution in [3.8, 4) is 0 Å². The zero-order valence-electron chi connectivity index (χ0n) is 9.14. The molecule has 74 valence electrons. The molecule has 14 heavy (non-hydrogen) atoms. The molecule has 2 rings (SSSR count). The smallest absolute Gasteiger partial charge is 0.00646 e. The Hall–Kier alpha value is -1.04. The second-order valence-electron chi connectivity index (χ2n) is 4.36. The van der Waals surface area contributed by atoms with Gasteiger partial charge in [-0.05, 0) is 50.7 Å². The lowest BCUT2D eigenvalue weighted by Crippen LogP contribution is -2.01. The van der Waals surface area contributed by atoms with Gasteiger partial charge in [0, 0.05) is 0 Å². The summed E-state index contributed by atoms with van der Waals surface area (Å²) in [4.78, 5) is 0. The third-order valence-electron chi connectivity index (χ3n) is 3.30. The number of benzene rings is 1. The number of rotatable bonds is 0. The maximum atomic E-state index is 2.28. The predicted molar refractivity (Wildman–Crippen MR) is 61.5 cm³/mol. The first-order valence-electron chi connectivity index (χ1n) is 5.49. The SMILES string of the molecule is CC1=C(C)Cc2ccccc2CCC1. The second-order valence-corrected chi connectivity index (χ2v) is 4.36. The van der Waals surface area contributed by atoms with Gasteiger partial charge in [-0.15, -0.1) is 0 Å². The van der Waals surface area contributed by atoms with E-state index in [1.165, 1.54) is 24.8 Å². The molecule has 1 aliphatic rings. The molecule has 1 aromatic carbocycles. The van der Waals surface area contributed by atoms with E-state index >= 15 is 0 Å². The number of fused-ring (bicyclic) bond motifs is 1. The van der Waals surface area contributed by atoms with E-state index in [0.29, 0.717) is 0 Å². The van der Waals surface area contributed by atoms with Crippen LogP contribution in [0.3, 0.4) is 0 Å². The van der Waals surface area contributed by atoms with Crippen LogP contribution in [-0.4, -0.2) is 0 Å². The molecule has 0 amide bonds. The van der Waals surface area contributed by atoms with Crippen molar-refractivity contribution in [3.05, 3.63) is 46.5 Å². The standard InChI is InChI=1S/C14H18/c1-11-6-5-9-13-7-3-4-8-14(13)10-12(11)2/h3-4,7-8H,5-6,9-10H2,1-2H3. The van der Waals surface area contributed by atoms with Crippen molar-refractivity contribution < 1.29 is 0 Å². The Kier molecular flexibility index (Phi) is 2.72. The molecule has 0 heteroatoms. The van der Waals surface area contributed by atoms with Crippen LogP contribution in [0.1, 0.15) is 37.8 Å². The fraction of sp³-hybridized carbons (Fsp3) is 0.429. The molecule has 0 aliphatic heterocycles. The summed E-state index contributed by atoms with van der Waals surface area (Å²) in [5.74, 6) is 0. The minimum absolute atomic E-state index is 1.15. The quantitative estimate of drug-likeness (QED) is 0.539. The van der Waals surface area contributed by atoms with Crippen LogP contribution in [-0.2, 0) is 12.8 Å². The van der Waals surface area contributed by atoms with Crippen LogP contribution >= 0.6 is 0 Å². The molecule has 0 saturated heterocycles. The highest BCUT2D eigenvalue weighted by molar-refractivity contribution is 5.33. The first-order chi connectivity index (χ1) is 6.77. The average molecular weight is 186 g/mol. The van der Waals surface area contributed by atoms with Crippen LogP contribution in [0.4, 0.5) is 0 Å². The fourth-order valence-corrected chi connectivity index (χ4v) is 2.17. The highest BCUT2D eigenvalue weighted by Gasteiger charge is 2.08. The molecular weight excluding hydrogens is 168 g/mol.